The number of nitrogens with zero attached hydrogens (tertiary/aromatic N) is 3. The van der Waals surface area contributed by atoms with E-state index in [0.29, 0.717) is 5.92 Å². The van der Waals surface area contributed by atoms with E-state index in [2.05, 4.69) is 62.8 Å². The lowest BCUT2D eigenvalue weighted by atomic mass is 10.0. The highest BCUT2D eigenvalue weighted by Gasteiger charge is 2.16. The molecular weight excluding hydrogens is 406 g/mol. The fourth-order valence-corrected chi connectivity index (χ4v) is 4.79. The van der Waals surface area contributed by atoms with E-state index in [1.54, 1.807) is 23.5 Å². The number of aryl methyl sites for hydroxylation is 2. The number of thiazole rings is 1. The van der Waals surface area contributed by atoms with E-state index in [-0.39, 0.29) is 16.7 Å². The van der Waals surface area contributed by atoms with Crippen molar-refractivity contribution in [3.8, 4) is 11.3 Å². The van der Waals surface area contributed by atoms with Crippen molar-refractivity contribution in [1.29, 1.82) is 0 Å². The predicted molar refractivity (Wildman–Crippen MR) is 129 cm³/mol. The minimum Gasteiger partial charge on any atom is -0.314 e. The van der Waals surface area contributed by atoms with Crippen LogP contribution in [0.2, 0.25) is 0 Å². The second-order valence-electron chi connectivity index (χ2n) is 8.65. The van der Waals surface area contributed by atoms with E-state index in [0.717, 1.165) is 40.2 Å². The van der Waals surface area contributed by atoms with Crippen LogP contribution in [0.1, 0.15) is 57.2 Å². The second kappa shape index (κ2) is 10.1. The number of hydrogen-bond donors (Lipinski definition) is 0. The maximum absolute atomic E-state index is 11.0. The van der Waals surface area contributed by atoms with Crippen LogP contribution < -0.4 is 4.80 Å². The van der Waals surface area contributed by atoms with Gasteiger partial charge in [0.1, 0.15) is 0 Å². The molecule has 1 aromatic heterocycles. The van der Waals surface area contributed by atoms with Crippen LogP contribution in [-0.4, -0.2) is 9.49 Å². The quantitative estimate of drug-likeness (QED) is 0.273. The fourth-order valence-electron chi connectivity index (χ4n) is 3.78. The van der Waals surface area contributed by atoms with Gasteiger partial charge in [-0.05, 0) is 62.4 Å². The Balaban J connectivity index is 2.06. The van der Waals surface area contributed by atoms with Crippen LogP contribution in [0.4, 0.5) is 11.4 Å². The summed E-state index contributed by atoms with van der Waals surface area (Å²) in [6, 6.07) is 13.4. The van der Waals surface area contributed by atoms with Gasteiger partial charge < -0.3 is 4.57 Å². The molecule has 164 valence electrons. The molecule has 0 N–H and O–H groups in total. The van der Waals surface area contributed by atoms with E-state index in [1.807, 2.05) is 12.1 Å². The summed E-state index contributed by atoms with van der Waals surface area (Å²) in [4.78, 5) is 16.7. The highest BCUT2D eigenvalue weighted by atomic mass is 32.1. The first kappa shape index (κ1) is 22.9. The molecule has 1 heterocycles. The predicted octanol–water partition coefficient (Wildman–Crippen LogP) is 7.36. The molecule has 0 bridgehead atoms. The summed E-state index contributed by atoms with van der Waals surface area (Å²) in [6.07, 6.45) is 3.42. The zero-order valence-corrected chi connectivity index (χ0v) is 19.8. The standard InChI is InChI=1S/C25H31N3O2S/c1-17(2)7-6-8-20(5)27-24(21-10-12-22(13-11-21)28(29)30)16-31-25(27)26-23-14-9-18(3)15-19(23)4/h9-17,20H,6-8H2,1-5H3. The molecule has 0 saturated carbocycles. The Bertz CT molecular complexity index is 1110. The number of aromatic nitrogens is 1. The Hall–Kier alpha value is -2.73. The maximum Gasteiger partial charge on any atom is 0.269 e. The third-order valence-corrected chi connectivity index (χ3v) is 6.37. The summed E-state index contributed by atoms with van der Waals surface area (Å²) >= 11 is 1.62. The van der Waals surface area contributed by atoms with E-state index in [4.69, 9.17) is 4.99 Å². The fraction of sp³-hybridized carbons (Fsp3) is 0.400. The molecule has 3 rings (SSSR count). The summed E-state index contributed by atoms with van der Waals surface area (Å²) in [7, 11) is 0. The molecule has 0 aliphatic carbocycles. The van der Waals surface area contributed by atoms with Crippen LogP contribution in [0.25, 0.3) is 11.3 Å². The van der Waals surface area contributed by atoms with Crippen molar-refractivity contribution in [2.24, 2.45) is 10.9 Å². The highest BCUT2D eigenvalue weighted by molar-refractivity contribution is 7.07. The van der Waals surface area contributed by atoms with Gasteiger partial charge in [0.2, 0.25) is 0 Å². The average Bonchev–Trinajstić information content (AvgIpc) is 3.13. The molecule has 0 saturated heterocycles. The average molecular weight is 438 g/mol. The Labute approximate surface area is 188 Å². The van der Waals surface area contributed by atoms with Crippen molar-refractivity contribution in [1.82, 2.24) is 4.57 Å². The van der Waals surface area contributed by atoms with Gasteiger partial charge in [-0.2, -0.15) is 0 Å². The van der Waals surface area contributed by atoms with Gasteiger partial charge in [0.05, 0.1) is 16.3 Å². The number of nitro benzene ring substituents is 1. The van der Waals surface area contributed by atoms with Crippen molar-refractivity contribution in [3.63, 3.8) is 0 Å². The van der Waals surface area contributed by atoms with Gasteiger partial charge in [0, 0.05) is 23.6 Å². The number of hydrogen-bond acceptors (Lipinski definition) is 4. The van der Waals surface area contributed by atoms with Gasteiger partial charge in [-0.1, -0.05) is 44.4 Å². The third-order valence-electron chi connectivity index (χ3n) is 5.53. The van der Waals surface area contributed by atoms with Gasteiger partial charge in [0.15, 0.2) is 4.80 Å². The highest BCUT2D eigenvalue weighted by Crippen LogP contribution is 2.28. The topological polar surface area (TPSA) is 60.4 Å². The largest absolute Gasteiger partial charge is 0.314 e. The lowest BCUT2D eigenvalue weighted by Crippen LogP contribution is -2.20. The molecule has 1 unspecified atom stereocenters. The van der Waals surface area contributed by atoms with Crippen LogP contribution in [0.3, 0.4) is 0 Å². The molecule has 2 aromatic carbocycles. The lowest BCUT2D eigenvalue weighted by Gasteiger charge is -2.18. The van der Waals surface area contributed by atoms with Gasteiger partial charge in [-0.3, -0.25) is 10.1 Å². The Morgan fingerprint density at radius 2 is 1.77 bits per heavy atom. The molecule has 6 heteroatoms. The summed E-state index contributed by atoms with van der Waals surface area (Å²) in [6.45, 7) is 10.9. The summed E-state index contributed by atoms with van der Waals surface area (Å²) in [5.74, 6) is 0.688. The van der Waals surface area contributed by atoms with Gasteiger partial charge in [-0.25, -0.2) is 4.99 Å². The van der Waals surface area contributed by atoms with Crippen LogP contribution in [0.5, 0.6) is 0 Å². The first-order chi connectivity index (χ1) is 14.8. The zero-order chi connectivity index (χ0) is 22.5. The number of non-ortho nitro benzene ring substituents is 1. The zero-order valence-electron chi connectivity index (χ0n) is 19.0. The minimum absolute atomic E-state index is 0.107. The first-order valence-electron chi connectivity index (χ1n) is 10.8. The monoisotopic (exact) mass is 437 g/mol. The van der Waals surface area contributed by atoms with Crippen molar-refractivity contribution in [2.75, 3.05) is 0 Å². The Morgan fingerprint density at radius 3 is 2.39 bits per heavy atom. The molecule has 0 aliphatic heterocycles. The minimum atomic E-state index is -0.360. The first-order valence-corrected chi connectivity index (χ1v) is 11.7. The molecule has 5 nitrogen and oxygen atoms in total. The molecule has 0 aliphatic rings. The third kappa shape index (κ3) is 5.70. The van der Waals surface area contributed by atoms with Crippen LogP contribution >= 0.6 is 11.3 Å². The van der Waals surface area contributed by atoms with Gasteiger partial charge in [-0.15, -0.1) is 11.3 Å². The molecule has 0 spiro atoms. The smallest absolute Gasteiger partial charge is 0.269 e. The van der Waals surface area contributed by atoms with Crippen molar-refractivity contribution in [2.45, 2.75) is 59.9 Å². The summed E-state index contributed by atoms with van der Waals surface area (Å²) in [5, 5.41) is 13.2. The van der Waals surface area contributed by atoms with Crippen molar-refractivity contribution in [3.05, 3.63) is 73.9 Å². The number of benzene rings is 2. The number of rotatable bonds is 8. The Kier molecular flexibility index (Phi) is 7.44. The lowest BCUT2D eigenvalue weighted by molar-refractivity contribution is -0.384. The molecular formula is C25H31N3O2S. The summed E-state index contributed by atoms with van der Waals surface area (Å²) in [5.41, 5.74) is 5.50. The summed E-state index contributed by atoms with van der Waals surface area (Å²) < 4.78 is 2.30. The van der Waals surface area contributed by atoms with Crippen molar-refractivity contribution >= 4 is 22.7 Å². The van der Waals surface area contributed by atoms with E-state index >= 15 is 0 Å². The maximum atomic E-state index is 11.0. The van der Waals surface area contributed by atoms with Crippen LogP contribution in [-0.2, 0) is 0 Å². The second-order valence-corrected chi connectivity index (χ2v) is 9.49. The van der Waals surface area contributed by atoms with Crippen LogP contribution in [0, 0.1) is 29.9 Å². The molecule has 0 amide bonds. The normalized spacial score (nSPS) is 13.0. The molecule has 1 atom stereocenters. The molecule has 0 fully saturated rings. The Morgan fingerprint density at radius 1 is 1.06 bits per heavy atom. The van der Waals surface area contributed by atoms with Gasteiger partial charge in [0.25, 0.3) is 5.69 Å². The van der Waals surface area contributed by atoms with Crippen LogP contribution in [0.15, 0.2) is 52.8 Å². The molecule has 0 radical (unpaired) electrons. The molecule has 31 heavy (non-hydrogen) atoms. The van der Waals surface area contributed by atoms with Gasteiger partial charge >= 0.3 is 0 Å². The number of nitro groups is 1. The van der Waals surface area contributed by atoms with E-state index in [9.17, 15) is 10.1 Å². The van der Waals surface area contributed by atoms with E-state index < -0.39 is 0 Å². The van der Waals surface area contributed by atoms with E-state index in [1.165, 1.54) is 12.0 Å². The van der Waals surface area contributed by atoms with Crippen molar-refractivity contribution < 1.29 is 4.92 Å². The molecule has 3 aromatic rings. The SMILES string of the molecule is Cc1ccc(N=c2scc(-c3ccc([N+](=O)[O-])cc3)n2C(C)CCCC(C)C)c(C)c1.